The zero-order valence-corrected chi connectivity index (χ0v) is 16.3. The average Bonchev–Trinajstić information content (AvgIpc) is 3.05. The molecule has 2 aromatic carbocycles. The van der Waals surface area contributed by atoms with Gasteiger partial charge in [0.1, 0.15) is 6.61 Å². The lowest BCUT2D eigenvalue weighted by atomic mass is 9.93. The summed E-state index contributed by atoms with van der Waals surface area (Å²) < 4.78 is 5.41. The third kappa shape index (κ3) is 4.13. The minimum absolute atomic E-state index is 0.0165. The maximum Gasteiger partial charge on any atom is 0.337 e. The number of ether oxygens (including phenoxy) is 1. The average molecular weight is 409 g/mol. The van der Waals surface area contributed by atoms with Crippen LogP contribution in [0.3, 0.4) is 0 Å². The third-order valence-corrected chi connectivity index (χ3v) is 5.36. The monoisotopic (exact) mass is 409 g/mol. The molecule has 1 aliphatic carbocycles. The van der Waals surface area contributed by atoms with E-state index in [2.05, 4.69) is 10.0 Å². The highest BCUT2D eigenvalue weighted by Gasteiger charge is 2.44. The molecule has 0 saturated heterocycles. The molecule has 0 amide bonds. The first kappa shape index (κ1) is 21.3. The minimum atomic E-state index is -2.20. The molecule has 2 atom stereocenters. The van der Waals surface area contributed by atoms with E-state index in [9.17, 15) is 14.7 Å². The Bertz CT molecular complexity index is 959. The van der Waals surface area contributed by atoms with Crippen LogP contribution in [0.15, 0.2) is 53.6 Å². The number of nitrogens with two attached hydrogens (primary N) is 2. The highest BCUT2D eigenvalue weighted by molar-refractivity contribution is 6.03. The lowest BCUT2D eigenvalue weighted by molar-refractivity contribution is -0.161. The van der Waals surface area contributed by atoms with Crippen molar-refractivity contribution in [1.82, 2.24) is 0 Å². The van der Waals surface area contributed by atoms with E-state index in [1.807, 2.05) is 48.5 Å². The summed E-state index contributed by atoms with van der Waals surface area (Å²) in [6.07, 6.45) is -0.608. The number of nitrogens with zero attached hydrogens (tertiary/aromatic N) is 3. The van der Waals surface area contributed by atoms with E-state index in [1.54, 1.807) is 0 Å². The molecule has 0 aromatic heterocycles. The van der Waals surface area contributed by atoms with Gasteiger partial charge in [0.2, 0.25) is 5.54 Å². The van der Waals surface area contributed by atoms with Gasteiger partial charge in [0, 0.05) is 10.8 Å². The normalized spacial score (nSPS) is 15.3. The SMILES string of the molecule is [N-]=[N+]=NC(N)CCC[C@](N)(C(=O)O)C(=O)OCC1c2ccccc2-c2ccccc21. The largest absolute Gasteiger partial charge is 0.479 e. The molecule has 0 bridgehead atoms. The molecule has 0 saturated carbocycles. The maximum atomic E-state index is 12.6. The second-order valence-corrected chi connectivity index (χ2v) is 7.27. The Morgan fingerprint density at radius 2 is 1.73 bits per heavy atom. The molecule has 1 aliphatic rings. The Morgan fingerprint density at radius 1 is 1.17 bits per heavy atom. The second-order valence-electron chi connectivity index (χ2n) is 7.27. The van der Waals surface area contributed by atoms with Crippen LogP contribution in [0.4, 0.5) is 0 Å². The molecule has 0 heterocycles. The standard InChI is InChI=1S/C21H23N5O4/c22-18(25-26-24)10-5-11-21(23,19(27)28)20(29)30-12-17-15-8-3-1-6-13(15)14-7-2-4-9-16(14)17/h1-4,6-9,17-18H,5,10-12,22-23H2,(H,27,28)/t18?,21-/m0/s1. The van der Waals surface area contributed by atoms with E-state index >= 15 is 0 Å². The van der Waals surface area contributed by atoms with Gasteiger partial charge < -0.3 is 21.3 Å². The van der Waals surface area contributed by atoms with Crippen LogP contribution in [0.1, 0.15) is 36.3 Å². The van der Waals surface area contributed by atoms with Crippen molar-refractivity contribution in [3.05, 3.63) is 70.1 Å². The summed E-state index contributed by atoms with van der Waals surface area (Å²) in [6, 6.07) is 15.7. The van der Waals surface area contributed by atoms with Crippen molar-refractivity contribution in [2.75, 3.05) is 6.61 Å². The van der Waals surface area contributed by atoms with Gasteiger partial charge >= 0.3 is 11.9 Å². The third-order valence-electron chi connectivity index (χ3n) is 5.36. The van der Waals surface area contributed by atoms with Gasteiger partial charge in [-0.2, -0.15) is 0 Å². The van der Waals surface area contributed by atoms with E-state index in [-0.39, 0.29) is 31.8 Å². The van der Waals surface area contributed by atoms with E-state index in [4.69, 9.17) is 21.7 Å². The number of hydrogen-bond acceptors (Lipinski definition) is 6. The van der Waals surface area contributed by atoms with Crippen molar-refractivity contribution < 1.29 is 19.4 Å². The summed E-state index contributed by atoms with van der Waals surface area (Å²) >= 11 is 0. The Balaban J connectivity index is 1.71. The van der Waals surface area contributed by atoms with E-state index in [1.165, 1.54) is 0 Å². The lowest BCUT2D eigenvalue weighted by Crippen LogP contribution is -2.56. The first-order valence-electron chi connectivity index (χ1n) is 9.56. The van der Waals surface area contributed by atoms with Crippen molar-refractivity contribution in [2.24, 2.45) is 16.6 Å². The van der Waals surface area contributed by atoms with Crippen molar-refractivity contribution in [3.63, 3.8) is 0 Å². The molecule has 9 nitrogen and oxygen atoms in total. The molecule has 2 aromatic rings. The molecule has 1 unspecified atom stereocenters. The second kappa shape index (κ2) is 8.96. The van der Waals surface area contributed by atoms with Crippen LogP contribution in [0.2, 0.25) is 0 Å². The molecule has 0 fully saturated rings. The number of carboxylic acids is 1. The fraction of sp³-hybridized carbons (Fsp3) is 0.333. The Labute approximate surface area is 173 Å². The van der Waals surface area contributed by atoms with Gasteiger partial charge in [0.15, 0.2) is 0 Å². The number of carboxylic acid groups (broad SMARTS) is 1. The first-order chi connectivity index (χ1) is 14.4. The van der Waals surface area contributed by atoms with E-state index in [0.29, 0.717) is 0 Å². The highest BCUT2D eigenvalue weighted by Crippen LogP contribution is 2.44. The number of rotatable bonds is 9. The van der Waals surface area contributed by atoms with Gasteiger partial charge in [-0.05, 0) is 47.0 Å². The Kier molecular flexibility index (Phi) is 6.37. The van der Waals surface area contributed by atoms with Crippen molar-refractivity contribution in [1.29, 1.82) is 0 Å². The predicted molar refractivity (Wildman–Crippen MR) is 110 cm³/mol. The number of benzene rings is 2. The zero-order chi connectivity index (χ0) is 21.7. The molecule has 9 heteroatoms. The quantitative estimate of drug-likeness (QED) is 0.189. The predicted octanol–water partition coefficient (Wildman–Crippen LogP) is 2.89. The fourth-order valence-corrected chi connectivity index (χ4v) is 3.74. The molecule has 0 spiro atoms. The smallest absolute Gasteiger partial charge is 0.337 e. The number of carbonyl (C=O) groups excluding carboxylic acids is 1. The maximum absolute atomic E-state index is 12.6. The highest BCUT2D eigenvalue weighted by atomic mass is 16.5. The van der Waals surface area contributed by atoms with Crippen LogP contribution in [0, 0.1) is 0 Å². The summed E-state index contributed by atoms with van der Waals surface area (Å²) in [4.78, 5) is 27.0. The molecular formula is C21H23N5O4. The Hall–Kier alpha value is -3.39. The fourth-order valence-electron chi connectivity index (χ4n) is 3.74. The van der Waals surface area contributed by atoms with Gasteiger partial charge in [-0.3, -0.25) is 0 Å². The molecule has 3 rings (SSSR count). The van der Waals surface area contributed by atoms with E-state index in [0.717, 1.165) is 22.3 Å². The number of fused-ring (bicyclic) bond motifs is 3. The topological polar surface area (TPSA) is 164 Å². The molecule has 156 valence electrons. The number of hydrogen-bond donors (Lipinski definition) is 3. The molecule has 0 aliphatic heterocycles. The van der Waals surface area contributed by atoms with Crippen LogP contribution in [0.25, 0.3) is 21.6 Å². The van der Waals surface area contributed by atoms with Crippen LogP contribution >= 0.6 is 0 Å². The van der Waals surface area contributed by atoms with Crippen molar-refractivity contribution in [3.8, 4) is 11.1 Å². The summed E-state index contributed by atoms with van der Waals surface area (Å²) in [5, 5.41) is 12.9. The van der Waals surface area contributed by atoms with Gasteiger partial charge in [-0.25, -0.2) is 9.59 Å². The van der Waals surface area contributed by atoms with Gasteiger partial charge in [0.25, 0.3) is 0 Å². The molecule has 5 N–H and O–H groups in total. The van der Waals surface area contributed by atoms with Crippen LogP contribution in [-0.2, 0) is 14.3 Å². The van der Waals surface area contributed by atoms with Gasteiger partial charge in [0.05, 0.1) is 6.17 Å². The molecular weight excluding hydrogens is 386 g/mol. The number of carbonyl (C=O) groups is 2. The van der Waals surface area contributed by atoms with Crippen molar-refractivity contribution >= 4 is 11.9 Å². The summed E-state index contributed by atoms with van der Waals surface area (Å²) in [5.41, 5.74) is 21.8. The summed E-state index contributed by atoms with van der Waals surface area (Å²) in [6.45, 7) is -0.0165. The van der Waals surface area contributed by atoms with Crippen LogP contribution in [0.5, 0.6) is 0 Å². The van der Waals surface area contributed by atoms with E-state index < -0.39 is 23.6 Å². The molecule has 30 heavy (non-hydrogen) atoms. The van der Waals surface area contributed by atoms with Crippen molar-refractivity contribution in [2.45, 2.75) is 36.9 Å². The van der Waals surface area contributed by atoms with Crippen LogP contribution < -0.4 is 11.5 Å². The number of azide groups is 1. The number of esters is 1. The molecule has 0 radical (unpaired) electrons. The van der Waals surface area contributed by atoms with Gasteiger partial charge in [-0.15, -0.1) is 0 Å². The minimum Gasteiger partial charge on any atom is -0.479 e. The van der Waals surface area contributed by atoms with Gasteiger partial charge in [-0.1, -0.05) is 53.6 Å². The van der Waals surface area contributed by atoms with Crippen LogP contribution in [-0.4, -0.2) is 35.4 Å². The first-order valence-corrected chi connectivity index (χ1v) is 9.56. The summed E-state index contributed by atoms with van der Waals surface area (Å²) in [5.74, 6) is -2.68. The zero-order valence-electron chi connectivity index (χ0n) is 16.3. The summed E-state index contributed by atoms with van der Waals surface area (Å²) in [7, 11) is 0. The lowest BCUT2D eigenvalue weighted by Gasteiger charge is -2.24. The Morgan fingerprint density at radius 3 is 2.27 bits per heavy atom. The number of aliphatic carboxylic acids is 1.